The van der Waals surface area contributed by atoms with Gasteiger partial charge in [0.2, 0.25) is 5.88 Å². The van der Waals surface area contributed by atoms with Gasteiger partial charge in [-0.15, -0.1) is 0 Å². The third-order valence-electron chi connectivity index (χ3n) is 4.80. The molecule has 0 atom stereocenters. The van der Waals surface area contributed by atoms with E-state index in [4.69, 9.17) is 14.6 Å². The average Bonchev–Trinajstić information content (AvgIpc) is 3.56. The molecule has 3 aromatic rings. The van der Waals surface area contributed by atoms with Crippen LogP contribution >= 0.6 is 0 Å². The van der Waals surface area contributed by atoms with Crippen LogP contribution in [0.15, 0.2) is 54.7 Å². The molecule has 0 bridgehead atoms. The molecule has 5 nitrogen and oxygen atoms in total. The third kappa shape index (κ3) is 4.92. The Kier molecular flexibility index (Phi) is 5.61. The van der Waals surface area contributed by atoms with Crippen molar-refractivity contribution < 1.29 is 28.2 Å². The van der Waals surface area contributed by atoms with Gasteiger partial charge in [-0.25, -0.2) is 18.6 Å². The first kappa shape index (κ1) is 19.8. The number of carboxylic acid groups (broad SMARTS) is 1. The lowest BCUT2D eigenvalue weighted by Gasteiger charge is -2.10. The molecule has 4 rings (SSSR count). The van der Waals surface area contributed by atoms with Gasteiger partial charge in [0.1, 0.15) is 24.0 Å². The standard InChI is InChI=1S/C23H19F2NO4/c24-19-7-18(16-5-6-22(26-11-16)30-12-14-1-2-14)8-20(10-19)29-13-17-4-3-15(23(27)28)9-21(17)25/h3-11,14H,1-2,12-13H2,(H,27,28). The van der Waals surface area contributed by atoms with Crippen molar-refractivity contribution in [2.24, 2.45) is 5.92 Å². The van der Waals surface area contributed by atoms with Gasteiger partial charge >= 0.3 is 5.97 Å². The van der Waals surface area contributed by atoms with Gasteiger partial charge in [0.05, 0.1) is 12.2 Å². The third-order valence-corrected chi connectivity index (χ3v) is 4.80. The number of aromatic carboxylic acids is 1. The molecule has 1 heterocycles. The lowest BCUT2D eigenvalue weighted by atomic mass is 10.1. The topological polar surface area (TPSA) is 68.7 Å². The van der Waals surface area contributed by atoms with Crippen molar-refractivity contribution in [3.8, 4) is 22.8 Å². The maximum absolute atomic E-state index is 14.1. The van der Waals surface area contributed by atoms with E-state index in [0.29, 0.717) is 29.5 Å². The van der Waals surface area contributed by atoms with E-state index in [2.05, 4.69) is 4.98 Å². The molecule has 1 fully saturated rings. The van der Waals surface area contributed by atoms with Gasteiger partial charge in [0.25, 0.3) is 0 Å². The highest BCUT2D eigenvalue weighted by molar-refractivity contribution is 5.87. The van der Waals surface area contributed by atoms with Gasteiger partial charge in [-0.3, -0.25) is 0 Å². The van der Waals surface area contributed by atoms with Gasteiger partial charge in [0, 0.05) is 29.5 Å². The molecule has 0 spiro atoms. The first-order chi connectivity index (χ1) is 14.5. The zero-order valence-electron chi connectivity index (χ0n) is 16.0. The van der Waals surface area contributed by atoms with E-state index in [1.165, 1.54) is 37.1 Å². The van der Waals surface area contributed by atoms with Crippen molar-refractivity contribution in [3.63, 3.8) is 0 Å². The minimum atomic E-state index is -1.21. The Morgan fingerprint density at radius 1 is 1.03 bits per heavy atom. The molecule has 1 aromatic heterocycles. The Balaban J connectivity index is 1.45. The summed E-state index contributed by atoms with van der Waals surface area (Å²) >= 11 is 0. The summed E-state index contributed by atoms with van der Waals surface area (Å²) in [5.41, 5.74) is 1.27. The maximum Gasteiger partial charge on any atom is 0.335 e. The Morgan fingerprint density at radius 2 is 1.87 bits per heavy atom. The number of benzene rings is 2. The largest absolute Gasteiger partial charge is 0.489 e. The van der Waals surface area contributed by atoms with Crippen LogP contribution in [-0.4, -0.2) is 22.7 Å². The number of pyridine rings is 1. The predicted molar refractivity (Wildman–Crippen MR) is 106 cm³/mol. The Morgan fingerprint density at radius 3 is 2.53 bits per heavy atom. The van der Waals surface area contributed by atoms with Crippen molar-refractivity contribution in [1.82, 2.24) is 4.98 Å². The highest BCUT2D eigenvalue weighted by atomic mass is 19.1. The molecule has 0 amide bonds. The number of hydrogen-bond acceptors (Lipinski definition) is 4. The summed E-state index contributed by atoms with van der Waals surface area (Å²) in [5.74, 6) is -1.04. The van der Waals surface area contributed by atoms with Crippen LogP contribution in [0.2, 0.25) is 0 Å². The fraction of sp³-hybridized carbons (Fsp3) is 0.217. The van der Waals surface area contributed by atoms with Crippen molar-refractivity contribution in [1.29, 1.82) is 0 Å². The number of carbonyl (C=O) groups is 1. The quantitative estimate of drug-likeness (QED) is 0.559. The van der Waals surface area contributed by atoms with Crippen LogP contribution in [-0.2, 0) is 6.61 Å². The first-order valence-corrected chi connectivity index (χ1v) is 9.52. The van der Waals surface area contributed by atoms with Crippen LogP contribution < -0.4 is 9.47 Å². The molecule has 2 aromatic carbocycles. The fourth-order valence-electron chi connectivity index (χ4n) is 2.90. The summed E-state index contributed by atoms with van der Waals surface area (Å²) in [5, 5.41) is 8.90. The summed E-state index contributed by atoms with van der Waals surface area (Å²) in [7, 11) is 0. The number of nitrogens with zero attached hydrogens (tertiary/aromatic N) is 1. The van der Waals surface area contributed by atoms with Crippen LogP contribution in [0.5, 0.6) is 11.6 Å². The maximum atomic E-state index is 14.1. The SMILES string of the molecule is O=C(O)c1ccc(COc2cc(F)cc(-c3ccc(OCC4CC4)nc3)c2)c(F)c1. The monoisotopic (exact) mass is 411 g/mol. The zero-order valence-corrected chi connectivity index (χ0v) is 16.0. The normalized spacial score (nSPS) is 13.1. The molecule has 154 valence electrons. The summed E-state index contributed by atoms with van der Waals surface area (Å²) in [4.78, 5) is 15.1. The zero-order chi connectivity index (χ0) is 21.1. The molecule has 1 aliphatic carbocycles. The van der Waals surface area contributed by atoms with Crippen molar-refractivity contribution in [3.05, 3.63) is 77.5 Å². The number of halogens is 2. The molecular weight excluding hydrogens is 392 g/mol. The molecule has 1 saturated carbocycles. The number of aromatic nitrogens is 1. The first-order valence-electron chi connectivity index (χ1n) is 9.52. The molecule has 1 N–H and O–H groups in total. The lowest BCUT2D eigenvalue weighted by molar-refractivity contribution is 0.0696. The molecule has 0 saturated heterocycles. The van der Waals surface area contributed by atoms with Crippen LogP contribution in [0.4, 0.5) is 8.78 Å². The van der Waals surface area contributed by atoms with Crippen LogP contribution in [0.25, 0.3) is 11.1 Å². The van der Waals surface area contributed by atoms with Gasteiger partial charge in [-0.1, -0.05) is 6.07 Å². The highest BCUT2D eigenvalue weighted by Crippen LogP contribution is 2.30. The molecule has 0 radical (unpaired) electrons. The summed E-state index contributed by atoms with van der Waals surface area (Å²) < 4.78 is 39.3. The molecule has 7 heteroatoms. The summed E-state index contributed by atoms with van der Waals surface area (Å²) in [6.45, 7) is 0.495. The minimum absolute atomic E-state index is 0.152. The Bertz CT molecular complexity index is 1070. The van der Waals surface area contributed by atoms with E-state index >= 15 is 0 Å². The minimum Gasteiger partial charge on any atom is -0.489 e. The molecule has 0 unspecified atom stereocenters. The smallest absolute Gasteiger partial charge is 0.335 e. The van der Waals surface area contributed by atoms with E-state index < -0.39 is 17.6 Å². The number of rotatable bonds is 8. The van der Waals surface area contributed by atoms with Gasteiger partial charge in [-0.05, 0) is 54.7 Å². The van der Waals surface area contributed by atoms with Gasteiger partial charge in [-0.2, -0.15) is 0 Å². The highest BCUT2D eigenvalue weighted by Gasteiger charge is 2.22. The second-order valence-electron chi connectivity index (χ2n) is 7.22. The lowest BCUT2D eigenvalue weighted by Crippen LogP contribution is -2.03. The summed E-state index contributed by atoms with van der Waals surface area (Å²) in [6, 6.07) is 11.3. The second-order valence-corrected chi connectivity index (χ2v) is 7.22. The molecule has 30 heavy (non-hydrogen) atoms. The second kappa shape index (κ2) is 8.49. The van der Waals surface area contributed by atoms with Crippen molar-refractivity contribution in [2.75, 3.05) is 6.61 Å². The molecule has 1 aliphatic rings. The van der Waals surface area contributed by atoms with Gasteiger partial charge < -0.3 is 14.6 Å². The van der Waals surface area contributed by atoms with E-state index in [1.807, 2.05) is 0 Å². The van der Waals surface area contributed by atoms with Crippen LogP contribution in [0.1, 0.15) is 28.8 Å². The van der Waals surface area contributed by atoms with E-state index in [0.717, 1.165) is 6.07 Å². The number of carboxylic acids is 1. The summed E-state index contributed by atoms with van der Waals surface area (Å²) in [6.07, 6.45) is 3.99. The Labute approximate surface area is 171 Å². The fourth-order valence-corrected chi connectivity index (χ4v) is 2.90. The van der Waals surface area contributed by atoms with Gasteiger partial charge in [0.15, 0.2) is 0 Å². The van der Waals surface area contributed by atoms with E-state index in [1.54, 1.807) is 24.4 Å². The van der Waals surface area contributed by atoms with Crippen molar-refractivity contribution >= 4 is 5.97 Å². The van der Waals surface area contributed by atoms with E-state index in [9.17, 15) is 13.6 Å². The average molecular weight is 411 g/mol. The van der Waals surface area contributed by atoms with E-state index in [-0.39, 0.29) is 23.5 Å². The van der Waals surface area contributed by atoms with Crippen LogP contribution in [0.3, 0.4) is 0 Å². The number of ether oxygens (including phenoxy) is 2. The van der Waals surface area contributed by atoms with Crippen LogP contribution in [0, 0.1) is 17.6 Å². The molecular formula is C23H19F2NO4. The predicted octanol–water partition coefficient (Wildman–Crippen LogP) is 5.09. The Hall–Kier alpha value is -3.48. The molecule has 0 aliphatic heterocycles. The number of hydrogen-bond donors (Lipinski definition) is 1. The van der Waals surface area contributed by atoms with Crippen molar-refractivity contribution in [2.45, 2.75) is 19.4 Å².